The zero-order valence-corrected chi connectivity index (χ0v) is 14.7. The fourth-order valence-electron chi connectivity index (χ4n) is 4.57. The third-order valence-electron chi connectivity index (χ3n) is 5.83. The van der Waals surface area contributed by atoms with E-state index >= 15 is 0 Å². The van der Waals surface area contributed by atoms with E-state index in [4.69, 9.17) is 0 Å². The van der Waals surface area contributed by atoms with Crippen LogP contribution in [-0.4, -0.2) is 45.0 Å². The minimum atomic E-state index is 0.0128. The first-order valence-corrected chi connectivity index (χ1v) is 9.10. The number of likely N-dealkylation sites (tertiary alicyclic amines) is 1. The van der Waals surface area contributed by atoms with Gasteiger partial charge in [0.1, 0.15) is 0 Å². The van der Waals surface area contributed by atoms with Crippen LogP contribution in [0.2, 0.25) is 0 Å². The summed E-state index contributed by atoms with van der Waals surface area (Å²) in [5.74, 6) is 0.960. The van der Waals surface area contributed by atoms with E-state index in [1.165, 1.54) is 11.1 Å². The van der Waals surface area contributed by atoms with E-state index in [9.17, 15) is 4.79 Å². The highest BCUT2D eigenvalue weighted by molar-refractivity contribution is 5.93. The van der Waals surface area contributed by atoms with Crippen molar-refractivity contribution in [3.05, 3.63) is 65.6 Å². The molecule has 1 aromatic carbocycles. The lowest BCUT2D eigenvalue weighted by molar-refractivity contribution is 0.0705. The van der Waals surface area contributed by atoms with Crippen LogP contribution in [0.15, 0.2) is 48.8 Å². The van der Waals surface area contributed by atoms with Crippen LogP contribution >= 0.6 is 0 Å². The number of carbonyl (C=O) groups excluding carboxylic acids is 1. The molecule has 0 saturated carbocycles. The predicted octanol–water partition coefficient (Wildman–Crippen LogP) is 2.07. The molecule has 0 spiro atoms. The van der Waals surface area contributed by atoms with E-state index in [2.05, 4.69) is 46.6 Å². The molecule has 3 atom stereocenters. The average Bonchev–Trinajstić information content (AvgIpc) is 3.36. The van der Waals surface area contributed by atoms with Gasteiger partial charge in [0.2, 0.25) is 0 Å². The van der Waals surface area contributed by atoms with Gasteiger partial charge in [-0.2, -0.15) is 5.10 Å². The summed E-state index contributed by atoms with van der Waals surface area (Å²) in [6, 6.07) is 12.2. The van der Waals surface area contributed by atoms with Crippen LogP contribution in [0.4, 0.5) is 0 Å². The third-order valence-corrected chi connectivity index (χ3v) is 5.83. The number of benzene rings is 1. The molecule has 4 heterocycles. The number of carbonyl (C=O) groups is 1. The van der Waals surface area contributed by atoms with Gasteiger partial charge in [-0.3, -0.25) is 4.79 Å². The van der Waals surface area contributed by atoms with Gasteiger partial charge >= 0.3 is 0 Å². The molecule has 3 aromatic rings. The van der Waals surface area contributed by atoms with E-state index in [-0.39, 0.29) is 11.9 Å². The van der Waals surface area contributed by atoms with Gasteiger partial charge in [-0.25, -0.2) is 9.50 Å². The number of aromatic nitrogens is 3. The summed E-state index contributed by atoms with van der Waals surface area (Å²) in [5.41, 5.74) is 3.72. The predicted molar refractivity (Wildman–Crippen MR) is 97.8 cm³/mol. The van der Waals surface area contributed by atoms with Gasteiger partial charge in [-0.1, -0.05) is 24.3 Å². The highest BCUT2D eigenvalue weighted by Crippen LogP contribution is 2.44. The van der Waals surface area contributed by atoms with Crippen molar-refractivity contribution in [1.82, 2.24) is 24.8 Å². The molecule has 26 heavy (non-hydrogen) atoms. The van der Waals surface area contributed by atoms with Crippen LogP contribution in [0, 0.1) is 18.8 Å². The van der Waals surface area contributed by atoms with Gasteiger partial charge in [0, 0.05) is 31.7 Å². The molecule has 5 rings (SSSR count). The fourth-order valence-corrected chi connectivity index (χ4v) is 4.57. The SMILES string of the molecule is Cc1ccccc1[C@@H]1[C@H]2CNC[C@H]2CN1C(=O)c1cnc2cccnn12. The molecular weight excluding hydrogens is 326 g/mol. The lowest BCUT2D eigenvalue weighted by Gasteiger charge is -2.29. The zero-order chi connectivity index (χ0) is 17.7. The Balaban J connectivity index is 1.58. The Bertz CT molecular complexity index is 981. The first-order chi connectivity index (χ1) is 12.7. The normalized spacial score (nSPS) is 25.0. The Morgan fingerprint density at radius 3 is 2.96 bits per heavy atom. The van der Waals surface area contributed by atoms with Gasteiger partial charge in [0.25, 0.3) is 5.91 Å². The largest absolute Gasteiger partial charge is 0.330 e. The number of fused-ring (bicyclic) bond motifs is 2. The Morgan fingerprint density at radius 1 is 1.19 bits per heavy atom. The summed E-state index contributed by atoms with van der Waals surface area (Å²) in [6.07, 6.45) is 3.33. The van der Waals surface area contributed by atoms with Crippen molar-refractivity contribution in [2.24, 2.45) is 11.8 Å². The molecule has 2 aromatic heterocycles. The van der Waals surface area contributed by atoms with Crippen molar-refractivity contribution in [3.8, 4) is 0 Å². The molecule has 2 aliphatic rings. The highest BCUT2D eigenvalue weighted by Gasteiger charge is 2.47. The maximum atomic E-state index is 13.5. The molecule has 2 fully saturated rings. The van der Waals surface area contributed by atoms with Crippen molar-refractivity contribution in [1.29, 1.82) is 0 Å². The van der Waals surface area contributed by atoms with Crippen molar-refractivity contribution >= 4 is 11.6 Å². The molecule has 1 N–H and O–H groups in total. The summed E-state index contributed by atoms with van der Waals surface area (Å²) in [7, 11) is 0. The minimum Gasteiger partial charge on any atom is -0.330 e. The van der Waals surface area contributed by atoms with E-state index in [0.717, 1.165) is 19.6 Å². The summed E-state index contributed by atoms with van der Waals surface area (Å²) < 4.78 is 1.64. The Hall–Kier alpha value is -2.73. The van der Waals surface area contributed by atoms with Crippen molar-refractivity contribution in [2.45, 2.75) is 13.0 Å². The molecule has 0 radical (unpaired) electrons. The van der Waals surface area contributed by atoms with Gasteiger partial charge in [0.15, 0.2) is 11.3 Å². The molecule has 0 aliphatic carbocycles. The van der Waals surface area contributed by atoms with Gasteiger partial charge < -0.3 is 10.2 Å². The van der Waals surface area contributed by atoms with E-state index < -0.39 is 0 Å². The quantitative estimate of drug-likeness (QED) is 0.771. The zero-order valence-electron chi connectivity index (χ0n) is 14.7. The van der Waals surface area contributed by atoms with E-state index in [1.54, 1.807) is 16.9 Å². The third kappa shape index (κ3) is 2.25. The van der Waals surface area contributed by atoms with Gasteiger partial charge in [-0.15, -0.1) is 0 Å². The maximum Gasteiger partial charge on any atom is 0.274 e. The van der Waals surface area contributed by atoms with Crippen LogP contribution in [0.5, 0.6) is 0 Å². The van der Waals surface area contributed by atoms with Crippen molar-refractivity contribution < 1.29 is 4.79 Å². The molecule has 1 amide bonds. The first kappa shape index (κ1) is 15.5. The molecule has 6 nitrogen and oxygen atoms in total. The van der Waals surface area contributed by atoms with Crippen LogP contribution in [0.3, 0.4) is 0 Å². The molecule has 2 saturated heterocycles. The van der Waals surface area contributed by atoms with Crippen LogP contribution < -0.4 is 5.32 Å². The molecular formula is C20H21N5O. The highest BCUT2D eigenvalue weighted by atomic mass is 16.2. The number of rotatable bonds is 2. The van der Waals surface area contributed by atoms with Crippen molar-refractivity contribution in [3.63, 3.8) is 0 Å². The van der Waals surface area contributed by atoms with Crippen molar-refractivity contribution in [2.75, 3.05) is 19.6 Å². The summed E-state index contributed by atoms with van der Waals surface area (Å²) in [5, 5.41) is 7.81. The summed E-state index contributed by atoms with van der Waals surface area (Å²) in [6.45, 7) is 4.83. The Labute approximate surface area is 151 Å². The number of aryl methyl sites for hydroxylation is 1. The lowest BCUT2D eigenvalue weighted by Crippen LogP contribution is -2.35. The summed E-state index contributed by atoms with van der Waals surface area (Å²) in [4.78, 5) is 19.8. The van der Waals surface area contributed by atoms with Crippen LogP contribution in [0.1, 0.15) is 27.7 Å². The second-order valence-corrected chi connectivity index (χ2v) is 7.28. The fraction of sp³-hybridized carbons (Fsp3) is 0.350. The second kappa shape index (κ2) is 5.92. The van der Waals surface area contributed by atoms with E-state index in [1.807, 2.05) is 17.0 Å². The number of amides is 1. The molecule has 0 unspecified atom stereocenters. The molecule has 132 valence electrons. The molecule has 0 bridgehead atoms. The number of hydrogen-bond acceptors (Lipinski definition) is 4. The second-order valence-electron chi connectivity index (χ2n) is 7.28. The summed E-state index contributed by atoms with van der Waals surface area (Å²) >= 11 is 0. The molecule has 6 heteroatoms. The van der Waals surface area contributed by atoms with E-state index in [0.29, 0.717) is 23.2 Å². The van der Waals surface area contributed by atoms with Gasteiger partial charge in [0.05, 0.1) is 12.2 Å². The standard InChI is InChI=1S/C20H21N5O/c1-13-5-2-3-6-15(13)19-16-10-21-9-14(16)12-24(19)20(26)17-11-22-18-7-4-8-23-25(17)18/h2-8,11,14,16,19,21H,9-10,12H2,1H3/t14-,16-,19+/m0/s1. The van der Waals surface area contributed by atoms with Gasteiger partial charge in [-0.05, 0) is 36.1 Å². The first-order valence-electron chi connectivity index (χ1n) is 9.10. The van der Waals surface area contributed by atoms with Crippen LogP contribution in [-0.2, 0) is 0 Å². The lowest BCUT2D eigenvalue weighted by atomic mass is 9.87. The number of nitrogens with zero attached hydrogens (tertiary/aromatic N) is 4. The number of hydrogen-bond donors (Lipinski definition) is 1. The maximum absolute atomic E-state index is 13.5. The van der Waals surface area contributed by atoms with Crippen LogP contribution in [0.25, 0.3) is 5.65 Å². The average molecular weight is 347 g/mol. The monoisotopic (exact) mass is 347 g/mol. The Morgan fingerprint density at radius 2 is 2.08 bits per heavy atom. The Kier molecular flexibility index (Phi) is 3.53. The smallest absolute Gasteiger partial charge is 0.274 e. The topological polar surface area (TPSA) is 62.5 Å². The number of nitrogens with one attached hydrogen (secondary N) is 1. The molecule has 2 aliphatic heterocycles. The number of imidazole rings is 1. The minimum absolute atomic E-state index is 0.0128.